The zero-order valence-electron chi connectivity index (χ0n) is 6.22. The highest BCUT2D eigenvalue weighted by Crippen LogP contribution is 2.09. The van der Waals surface area contributed by atoms with Crippen LogP contribution >= 0.6 is 0 Å². The van der Waals surface area contributed by atoms with Crippen molar-refractivity contribution in [1.29, 1.82) is 0 Å². The third-order valence-corrected chi connectivity index (χ3v) is 1.59. The molecule has 0 saturated carbocycles. The van der Waals surface area contributed by atoms with E-state index in [1.165, 1.54) is 11.1 Å². The molecule has 0 aliphatic heterocycles. The van der Waals surface area contributed by atoms with Crippen LogP contribution in [0.15, 0.2) is 24.8 Å². The van der Waals surface area contributed by atoms with Gasteiger partial charge in [0.1, 0.15) is 0 Å². The molecule has 0 heteroatoms. The number of aryl methyl sites for hydroxylation is 1. The van der Waals surface area contributed by atoms with Gasteiger partial charge in [-0.1, -0.05) is 31.7 Å². The van der Waals surface area contributed by atoms with E-state index in [0.29, 0.717) is 0 Å². The molecule has 0 nitrogen and oxygen atoms in total. The average Bonchev–Trinajstić information content (AvgIpc) is 2.04. The van der Waals surface area contributed by atoms with E-state index in [-0.39, 0.29) is 0 Å². The lowest BCUT2D eigenvalue weighted by Gasteiger charge is -1.99. The van der Waals surface area contributed by atoms with E-state index in [2.05, 4.69) is 25.6 Å². The maximum atomic E-state index is 3.72. The van der Waals surface area contributed by atoms with Crippen LogP contribution in [0.3, 0.4) is 0 Å². The van der Waals surface area contributed by atoms with E-state index in [0.717, 1.165) is 6.42 Å². The quantitative estimate of drug-likeness (QED) is 0.579. The normalized spacial score (nSPS) is 9.30. The Balaban J connectivity index is 3.08. The lowest BCUT2D eigenvalue weighted by atomic mass is 10.1. The van der Waals surface area contributed by atoms with E-state index in [1.54, 1.807) is 0 Å². The molecule has 0 heterocycles. The van der Waals surface area contributed by atoms with Crippen LogP contribution in [0.5, 0.6) is 0 Å². The van der Waals surface area contributed by atoms with Gasteiger partial charge in [-0.15, -0.1) is 0 Å². The van der Waals surface area contributed by atoms with Gasteiger partial charge < -0.3 is 0 Å². The fourth-order valence-electron chi connectivity index (χ4n) is 0.988. The summed E-state index contributed by atoms with van der Waals surface area (Å²) in [6.45, 7) is 5.86. The summed E-state index contributed by atoms with van der Waals surface area (Å²) in [5.74, 6) is 0. The molecule has 0 fully saturated rings. The first-order valence-corrected chi connectivity index (χ1v) is 3.50. The first kappa shape index (κ1) is 7.07. The summed E-state index contributed by atoms with van der Waals surface area (Å²) in [7, 11) is 0. The van der Waals surface area contributed by atoms with Crippen molar-refractivity contribution in [2.24, 2.45) is 0 Å². The number of benzene rings is 1. The predicted molar refractivity (Wildman–Crippen MR) is 44.7 cm³/mol. The summed E-state index contributed by atoms with van der Waals surface area (Å²) < 4.78 is 0. The molecule has 1 aromatic carbocycles. The van der Waals surface area contributed by atoms with Gasteiger partial charge in [0.15, 0.2) is 0 Å². The first-order chi connectivity index (χ1) is 4.88. The van der Waals surface area contributed by atoms with E-state index in [9.17, 15) is 0 Å². The van der Waals surface area contributed by atoms with Gasteiger partial charge in [0, 0.05) is 0 Å². The summed E-state index contributed by atoms with van der Waals surface area (Å²) >= 11 is 0. The van der Waals surface area contributed by atoms with Crippen LogP contribution in [-0.4, -0.2) is 0 Å². The average molecular weight is 131 g/mol. The van der Waals surface area contributed by atoms with Gasteiger partial charge in [-0.3, -0.25) is 0 Å². The van der Waals surface area contributed by atoms with Gasteiger partial charge in [0.25, 0.3) is 0 Å². The van der Waals surface area contributed by atoms with Crippen molar-refractivity contribution in [2.75, 3.05) is 0 Å². The van der Waals surface area contributed by atoms with Crippen molar-refractivity contribution in [3.8, 4) is 0 Å². The van der Waals surface area contributed by atoms with Gasteiger partial charge in [-0.25, -0.2) is 0 Å². The molecule has 0 atom stereocenters. The number of hydrogen-bond acceptors (Lipinski definition) is 0. The van der Waals surface area contributed by atoms with Crippen LogP contribution in [0.25, 0.3) is 6.08 Å². The molecule has 0 saturated heterocycles. The molecule has 1 radical (unpaired) electrons. The Morgan fingerprint density at radius 3 is 3.00 bits per heavy atom. The van der Waals surface area contributed by atoms with Crippen molar-refractivity contribution in [1.82, 2.24) is 0 Å². The minimum atomic E-state index is 1.07. The van der Waals surface area contributed by atoms with Gasteiger partial charge in [-0.2, -0.15) is 0 Å². The largest absolute Gasteiger partial charge is 0.0985 e. The zero-order valence-corrected chi connectivity index (χ0v) is 6.22. The zero-order chi connectivity index (χ0) is 7.40. The Hall–Kier alpha value is -1.04. The Morgan fingerprint density at radius 2 is 2.50 bits per heavy atom. The standard InChI is InChI=1S/C10H11/c1-3-9-7-5-6-8-10(9)4-2/h3,6-8H,1,4H2,2H3. The van der Waals surface area contributed by atoms with E-state index < -0.39 is 0 Å². The monoisotopic (exact) mass is 131 g/mol. The Kier molecular flexibility index (Phi) is 2.27. The summed E-state index contributed by atoms with van der Waals surface area (Å²) in [5.41, 5.74) is 2.54. The van der Waals surface area contributed by atoms with Crippen LogP contribution in [0.2, 0.25) is 0 Å². The highest BCUT2D eigenvalue weighted by atomic mass is 14.0. The van der Waals surface area contributed by atoms with Crippen molar-refractivity contribution in [3.63, 3.8) is 0 Å². The second-order valence-corrected chi connectivity index (χ2v) is 2.18. The smallest absolute Gasteiger partial charge is 0.0178 e. The molecule has 10 heavy (non-hydrogen) atoms. The van der Waals surface area contributed by atoms with Gasteiger partial charge >= 0.3 is 0 Å². The molecule has 0 aliphatic carbocycles. The lowest BCUT2D eigenvalue weighted by Crippen LogP contribution is -1.83. The van der Waals surface area contributed by atoms with Crippen molar-refractivity contribution < 1.29 is 0 Å². The first-order valence-electron chi connectivity index (χ1n) is 3.50. The molecule has 51 valence electrons. The second-order valence-electron chi connectivity index (χ2n) is 2.18. The Morgan fingerprint density at radius 1 is 1.70 bits per heavy atom. The van der Waals surface area contributed by atoms with Crippen molar-refractivity contribution >= 4 is 6.08 Å². The van der Waals surface area contributed by atoms with Crippen LogP contribution in [0, 0.1) is 6.07 Å². The minimum Gasteiger partial charge on any atom is -0.0985 e. The van der Waals surface area contributed by atoms with Crippen molar-refractivity contribution in [3.05, 3.63) is 42.0 Å². The third kappa shape index (κ3) is 1.27. The molecule has 1 rings (SSSR count). The van der Waals surface area contributed by atoms with Crippen LogP contribution in [0.4, 0.5) is 0 Å². The predicted octanol–water partition coefficient (Wildman–Crippen LogP) is 2.69. The Labute approximate surface area is 62.2 Å². The lowest BCUT2D eigenvalue weighted by molar-refractivity contribution is 1.13. The molecule has 0 aliphatic rings. The molecule has 0 aromatic heterocycles. The summed E-state index contributed by atoms with van der Waals surface area (Å²) in [4.78, 5) is 0. The van der Waals surface area contributed by atoms with Gasteiger partial charge in [0.05, 0.1) is 0 Å². The summed E-state index contributed by atoms with van der Waals surface area (Å²) in [6, 6.07) is 9.00. The van der Waals surface area contributed by atoms with Crippen LogP contribution in [0.1, 0.15) is 18.1 Å². The van der Waals surface area contributed by atoms with Crippen LogP contribution in [-0.2, 0) is 6.42 Å². The summed E-state index contributed by atoms with van der Waals surface area (Å²) in [5, 5.41) is 0. The molecule has 0 spiro atoms. The topological polar surface area (TPSA) is 0 Å². The molecular formula is C10H11. The SMILES string of the molecule is C=Cc1c[c]ccc1CC. The maximum Gasteiger partial charge on any atom is -0.0178 e. The molecular weight excluding hydrogens is 120 g/mol. The maximum absolute atomic E-state index is 3.72. The molecule has 0 bridgehead atoms. The number of hydrogen-bond donors (Lipinski definition) is 0. The van der Waals surface area contributed by atoms with Gasteiger partial charge in [0.2, 0.25) is 0 Å². The van der Waals surface area contributed by atoms with Crippen molar-refractivity contribution in [2.45, 2.75) is 13.3 Å². The molecule has 0 unspecified atom stereocenters. The number of rotatable bonds is 2. The van der Waals surface area contributed by atoms with E-state index >= 15 is 0 Å². The Bertz CT molecular complexity index is 223. The summed E-state index contributed by atoms with van der Waals surface area (Å²) in [6.07, 6.45) is 2.94. The minimum absolute atomic E-state index is 1.07. The fraction of sp³-hybridized carbons (Fsp3) is 0.200. The second kappa shape index (κ2) is 3.21. The highest BCUT2D eigenvalue weighted by molar-refractivity contribution is 5.51. The fourth-order valence-corrected chi connectivity index (χ4v) is 0.988. The highest BCUT2D eigenvalue weighted by Gasteiger charge is 1.92. The molecule has 0 N–H and O–H groups in total. The van der Waals surface area contributed by atoms with Gasteiger partial charge in [-0.05, 0) is 29.7 Å². The van der Waals surface area contributed by atoms with E-state index in [1.807, 2.05) is 18.2 Å². The molecule has 0 amide bonds. The van der Waals surface area contributed by atoms with Crippen LogP contribution < -0.4 is 0 Å². The third-order valence-electron chi connectivity index (χ3n) is 1.59. The van der Waals surface area contributed by atoms with E-state index in [4.69, 9.17) is 0 Å². The molecule has 1 aromatic rings.